The van der Waals surface area contributed by atoms with Crippen LogP contribution in [0, 0.1) is 11.3 Å². The molecular weight excluding hydrogens is 166 g/mol. The van der Waals surface area contributed by atoms with E-state index < -0.39 is 0 Å². The summed E-state index contributed by atoms with van der Waals surface area (Å²) in [5.74, 6) is 0.738. The number of hydrogen-bond acceptors (Lipinski definition) is 3. The zero-order valence-corrected chi connectivity index (χ0v) is 7.07. The van der Waals surface area contributed by atoms with E-state index in [0.29, 0.717) is 11.3 Å². The summed E-state index contributed by atoms with van der Waals surface area (Å²) in [6.45, 7) is 0. The van der Waals surface area contributed by atoms with Gasteiger partial charge in [-0.05, 0) is 12.1 Å². The SMILES string of the molecule is COc1c(C#N)oc2ccccc12. The molecule has 13 heavy (non-hydrogen) atoms. The van der Waals surface area contributed by atoms with Crippen molar-refractivity contribution in [3.63, 3.8) is 0 Å². The van der Waals surface area contributed by atoms with Crippen LogP contribution >= 0.6 is 0 Å². The molecule has 0 saturated heterocycles. The average Bonchev–Trinajstić information content (AvgIpc) is 2.55. The largest absolute Gasteiger partial charge is 0.491 e. The highest BCUT2D eigenvalue weighted by atomic mass is 16.5. The third-order valence-corrected chi connectivity index (χ3v) is 1.86. The predicted molar refractivity (Wildman–Crippen MR) is 47.5 cm³/mol. The van der Waals surface area contributed by atoms with E-state index in [-0.39, 0.29) is 5.76 Å². The molecule has 0 aliphatic heterocycles. The smallest absolute Gasteiger partial charge is 0.246 e. The number of fused-ring (bicyclic) bond motifs is 1. The summed E-state index contributed by atoms with van der Waals surface area (Å²) < 4.78 is 10.3. The Labute approximate surface area is 75.1 Å². The van der Waals surface area contributed by atoms with E-state index in [1.165, 1.54) is 7.11 Å². The zero-order chi connectivity index (χ0) is 9.26. The first-order chi connectivity index (χ1) is 6.36. The van der Waals surface area contributed by atoms with Crippen LogP contribution < -0.4 is 4.74 Å². The number of furan rings is 1. The molecule has 0 fully saturated rings. The van der Waals surface area contributed by atoms with E-state index in [2.05, 4.69) is 0 Å². The molecule has 0 saturated carbocycles. The molecule has 0 radical (unpaired) electrons. The molecule has 0 unspecified atom stereocenters. The summed E-state index contributed by atoms with van der Waals surface area (Å²) in [6.07, 6.45) is 0. The van der Waals surface area contributed by atoms with Gasteiger partial charge in [-0.1, -0.05) is 12.1 Å². The molecule has 3 heteroatoms. The van der Waals surface area contributed by atoms with Gasteiger partial charge in [0.15, 0.2) is 5.75 Å². The highest BCUT2D eigenvalue weighted by molar-refractivity contribution is 5.86. The Morgan fingerprint density at radius 1 is 1.38 bits per heavy atom. The monoisotopic (exact) mass is 173 g/mol. The summed E-state index contributed by atoms with van der Waals surface area (Å²) in [6, 6.07) is 9.34. The molecule has 1 heterocycles. The molecule has 0 aliphatic carbocycles. The maximum absolute atomic E-state index is 8.73. The number of methoxy groups -OCH3 is 1. The lowest BCUT2D eigenvalue weighted by Gasteiger charge is -1.93. The molecule has 0 N–H and O–H groups in total. The van der Waals surface area contributed by atoms with Gasteiger partial charge in [-0.25, -0.2) is 0 Å². The molecule has 1 aromatic heterocycles. The molecule has 2 rings (SSSR count). The number of para-hydroxylation sites is 1. The van der Waals surface area contributed by atoms with Crippen molar-refractivity contribution < 1.29 is 9.15 Å². The van der Waals surface area contributed by atoms with E-state index in [1.54, 1.807) is 6.07 Å². The van der Waals surface area contributed by atoms with Crippen LogP contribution in [0.25, 0.3) is 11.0 Å². The molecule has 2 aromatic rings. The number of ether oxygens (including phenoxy) is 1. The Morgan fingerprint density at radius 2 is 2.15 bits per heavy atom. The number of hydrogen-bond donors (Lipinski definition) is 0. The molecule has 3 nitrogen and oxygen atoms in total. The third-order valence-electron chi connectivity index (χ3n) is 1.86. The minimum Gasteiger partial charge on any atom is -0.491 e. The van der Waals surface area contributed by atoms with E-state index in [9.17, 15) is 0 Å². The molecule has 64 valence electrons. The highest BCUT2D eigenvalue weighted by Crippen LogP contribution is 2.31. The Hall–Kier alpha value is -1.95. The average molecular weight is 173 g/mol. The van der Waals surface area contributed by atoms with Crippen LogP contribution in [0.3, 0.4) is 0 Å². The molecule has 0 spiro atoms. The Morgan fingerprint density at radius 3 is 2.85 bits per heavy atom. The zero-order valence-electron chi connectivity index (χ0n) is 7.07. The van der Waals surface area contributed by atoms with Gasteiger partial charge < -0.3 is 9.15 Å². The number of benzene rings is 1. The predicted octanol–water partition coefficient (Wildman–Crippen LogP) is 2.31. The number of nitrogens with zero attached hydrogens (tertiary/aromatic N) is 1. The molecular formula is C10H7NO2. The lowest BCUT2D eigenvalue weighted by atomic mass is 10.2. The second-order valence-corrected chi connectivity index (χ2v) is 2.57. The van der Waals surface area contributed by atoms with Crippen LogP contribution in [0.1, 0.15) is 5.76 Å². The second-order valence-electron chi connectivity index (χ2n) is 2.57. The van der Waals surface area contributed by atoms with Crippen LogP contribution in [0.2, 0.25) is 0 Å². The second kappa shape index (κ2) is 2.83. The van der Waals surface area contributed by atoms with Gasteiger partial charge in [0.25, 0.3) is 0 Å². The summed E-state index contributed by atoms with van der Waals surface area (Å²) in [4.78, 5) is 0. The summed E-state index contributed by atoms with van der Waals surface area (Å²) in [5.41, 5.74) is 0.677. The van der Waals surface area contributed by atoms with E-state index >= 15 is 0 Å². The Kier molecular flexibility index (Phi) is 1.67. The first kappa shape index (κ1) is 7.69. The quantitative estimate of drug-likeness (QED) is 0.664. The minimum atomic E-state index is 0.226. The topological polar surface area (TPSA) is 46.2 Å². The maximum atomic E-state index is 8.73. The van der Waals surface area contributed by atoms with Gasteiger partial charge in [-0.3, -0.25) is 0 Å². The molecule has 0 atom stereocenters. The molecule has 0 aliphatic rings. The molecule has 0 bridgehead atoms. The van der Waals surface area contributed by atoms with Gasteiger partial charge >= 0.3 is 0 Å². The van der Waals surface area contributed by atoms with Crippen molar-refractivity contribution in [3.8, 4) is 11.8 Å². The Balaban J connectivity index is 2.83. The summed E-state index contributed by atoms with van der Waals surface area (Å²) >= 11 is 0. The van der Waals surface area contributed by atoms with Gasteiger partial charge in [0, 0.05) is 0 Å². The first-order valence-electron chi connectivity index (χ1n) is 3.82. The van der Waals surface area contributed by atoms with Crippen molar-refractivity contribution in [2.45, 2.75) is 0 Å². The fourth-order valence-electron chi connectivity index (χ4n) is 1.30. The van der Waals surface area contributed by atoms with E-state index in [0.717, 1.165) is 5.39 Å². The Bertz CT molecular complexity index is 479. The number of nitriles is 1. The van der Waals surface area contributed by atoms with Gasteiger partial charge in [0.1, 0.15) is 11.7 Å². The first-order valence-corrected chi connectivity index (χ1v) is 3.82. The van der Waals surface area contributed by atoms with Crippen LogP contribution in [-0.2, 0) is 0 Å². The van der Waals surface area contributed by atoms with Gasteiger partial charge in [0.2, 0.25) is 5.76 Å². The lowest BCUT2D eigenvalue weighted by Crippen LogP contribution is -1.82. The van der Waals surface area contributed by atoms with E-state index in [4.69, 9.17) is 14.4 Å². The van der Waals surface area contributed by atoms with Crippen molar-refractivity contribution in [2.24, 2.45) is 0 Å². The highest BCUT2D eigenvalue weighted by Gasteiger charge is 2.12. The van der Waals surface area contributed by atoms with Crippen molar-refractivity contribution in [1.29, 1.82) is 5.26 Å². The summed E-state index contributed by atoms with van der Waals surface area (Å²) in [7, 11) is 1.53. The van der Waals surface area contributed by atoms with E-state index in [1.807, 2.05) is 24.3 Å². The fraction of sp³-hybridized carbons (Fsp3) is 0.100. The fourth-order valence-corrected chi connectivity index (χ4v) is 1.30. The lowest BCUT2D eigenvalue weighted by molar-refractivity contribution is 0.407. The van der Waals surface area contributed by atoms with Gasteiger partial charge in [-0.2, -0.15) is 5.26 Å². The van der Waals surface area contributed by atoms with Crippen LogP contribution in [-0.4, -0.2) is 7.11 Å². The van der Waals surface area contributed by atoms with Crippen LogP contribution in [0.5, 0.6) is 5.75 Å². The molecule has 1 aromatic carbocycles. The van der Waals surface area contributed by atoms with Gasteiger partial charge in [-0.15, -0.1) is 0 Å². The standard InChI is InChI=1S/C10H7NO2/c1-12-10-7-4-2-3-5-8(7)13-9(10)6-11/h2-5H,1H3. The van der Waals surface area contributed by atoms with Crippen LogP contribution in [0.15, 0.2) is 28.7 Å². The normalized spacial score (nSPS) is 9.85. The minimum absolute atomic E-state index is 0.226. The van der Waals surface area contributed by atoms with Crippen LogP contribution in [0.4, 0.5) is 0 Å². The third kappa shape index (κ3) is 1.04. The molecule has 0 amide bonds. The van der Waals surface area contributed by atoms with Crippen molar-refractivity contribution in [3.05, 3.63) is 30.0 Å². The van der Waals surface area contributed by atoms with Gasteiger partial charge in [0.05, 0.1) is 12.5 Å². The van der Waals surface area contributed by atoms with Crippen molar-refractivity contribution in [1.82, 2.24) is 0 Å². The number of rotatable bonds is 1. The maximum Gasteiger partial charge on any atom is 0.246 e. The van der Waals surface area contributed by atoms with Crippen molar-refractivity contribution >= 4 is 11.0 Å². The summed E-state index contributed by atoms with van der Waals surface area (Å²) in [5, 5.41) is 9.56. The van der Waals surface area contributed by atoms with Crippen molar-refractivity contribution in [2.75, 3.05) is 7.11 Å².